The average molecular weight is 318 g/mol. The number of hydrogen-bond donors (Lipinski definition) is 1. The first-order valence-electron chi connectivity index (χ1n) is 8.67. The number of carbonyl (C=O) groups is 1. The number of likely N-dealkylation sites (tertiary alicyclic amines) is 1. The minimum Gasteiger partial charge on any atom is -0.489 e. The number of piperidine rings is 1. The molecule has 1 amide bonds. The second-order valence-corrected chi connectivity index (χ2v) is 6.33. The normalized spacial score (nSPS) is 22.0. The topological polar surface area (TPSA) is 50.8 Å². The molecule has 0 saturated carbocycles. The van der Waals surface area contributed by atoms with E-state index in [-0.39, 0.29) is 12.0 Å². The molecule has 1 aromatic rings. The summed E-state index contributed by atoms with van der Waals surface area (Å²) in [6.45, 7) is 3.86. The quantitative estimate of drug-likeness (QED) is 0.876. The lowest BCUT2D eigenvalue weighted by Gasteiger charge is -2.25. The third-order valence-corrected chi connectivity index (χ3v) is 4.43. The summed E-state index contributed by atoms with van der Waals surface area (Å²) in [6, 6.07) is 7.62. The van der Waals surface area contributed by atoms with E-state index in [1.807, 2.05) is 24.3 Å². The minimum atomic E-state index is 0.0278. The molecular weight excluding hydrogens is 292 g/mol. The predicted octanol–water partition coefficient (Wildman–Crippen LogP) is 2.67. The highest BCUT2D eigenvalue weighted by atomic mass is 16.5. The number of nitrogens with zero attached hydrogens (tertiary/aromatic N) is 1. The molecule has 2 aliphatic heterocycles. The summed E-state index contributed by atoms with van der Waals surface area (Å²) in [7, 11) is 0. The molecule has 1 unspecified atom stereocenters. The third kappa shape index (κ3) is 4.94. The lowest BCUT2D eigenvalue weighted by Crippen LogP contribution is -2.36. The van der Waals surface area contributed by atoms with Gasteiger partial charge in [0.05, 0.1) is 18.3 Å². The number of nitrogens with one attached hydrogen (secondary N) is 1. The van der Waals surface area contributed by atoms with Crippen molar-refractivity contribution in [1.82, 2.24) is 4.90 Å². The van der Waals surface area contributed by atoms with Crippen LogP contribution >= 0.6 is 0 Å². The molecule has 0 aliphatic carbocycles. The van der Waals surface area contributed by atoms with Crippen LogP contribution in [0.1, 0.15) is 32.1 Å². The fraction of sp³-hybridized carbons (Fsp3) is 0.611. The van der Waals surface area contributed by atoms with E-state index in [2.05, 4.69) is 10.2 Å². The first-order chi connectivity index (χ1) is 11.3. The van der Waals surface area contributed by atoms with Crippen molar-refractivity contribution in [2.45, 2.75) is 38.2 Å². The van der Waals surface area contributed by atoms with Gasteiger partial charge in [0.2, 0.25) is 5.91 Å². The van der Waals surface area contributed by atoms with Gasteiger partial charge in [-0.25, -0.2) is 0 Å². The molecule has 0 bridgehead atoms. The number of rotatable bonds is 6. The highest BCUT2D eigenvalue weighted by molar-refractivity contribution is 5.93. The average Bonchev–Trinajstić information content (AvgIpc) is 3.08. The maximum atomic E-state index is 12.3. The Balaban J connectivity index is 1.52. The molecule has 0 spiro atoms. The van der Waals surface area contributed by atoms with Crippen LogP contribution in [0.15, 0.2) is 24.3 Å². The fourth-order valence-electron chi connectivity index (χ4n) is 3.16. The second kappa shape index (κ2) is 8.31. The zero-order valence-corrected chi connectivity index (χ0v) is 13.6. The number of anilines is 1. The summed E-state index contributed by atoms with van der Waals surface area (Å²) in [4.78, 5) is 14.5. The Labute approximate surface area is 137 Å². The first-order valence-corrected chi connectivity index (χ1v) is 8.67. The van der Waals surface area contributed by atoms with Crippen LogP contribution in [0.25, 0.3) is 0 Å². The minimum absolute atomic E-state index is 0.0278. The van der Waals surface area contributed by atoms with Gasteiger partial charge < -0.3 is 14.8 Å². The molecule has 5 nitrogen and oxygen atoms in total. The van der Waals surface area contributed by atoms with Crippen LogP contribution < -0.4 is 10.1 Å². The van der Waals surface area contributed by atoms with Crippen LogP contribution in [0.4, 0.5) is 5.69 Å². The molecule has 2 heterocycles. The van der Waals surface area contributed by atoms with Gasteiger partial charge in [-0.3, -0.25) is 9.69 Å². The molecule has 0 aromatic heterocycles. The third-order valence-electron chi connectivity index (χ3n) is 4.43. The van der Waals surface area contributed by atoms with Crippen LogP contribution in [0.2, 0.25) is 0 Å². The van der Waals surface area contributed by atoms with Crippen LogP contribution in [0, 0.1) is 0 Å². The zero-order valence-electron chi connectivity index (χ0n) is 13.6. The van der Waals surface area contributed by atoms with Gasteiger partial charge in [-0.05, 0) is 50.9 Å². The van der Waals surface area contributed by atoms with E-state index in [4.69, 9.17) is 9.47 Å². The molecule has 2 aliphatic rings. The van der Waals surface area contributed by atoms with E-state index in [0.717, 1.165) is 44.0 Å². The van der Waals surface area contributed by atoms with Crippen molar-refractivity contribution in [3.63, 3.8) is 0 Å². The van der Waals surface area contributed by atoms with E-state index in [1.165, 1.54) is 19.3 Å². The Bertz CT molecular complexity index is 509. The van der Waals surface area contributed by atoms with Crippen molar-refractivity contribution in [3.05, 3.63) is 24.3 Å². The molecule has 0 radical (unpaired) electrons. The van der Waals surface area contributed by atoms with Crippen LogP contribution in [-0.4, -0.2) is 49.8 Å². The SMILES string of the molecule is O=C(CN1CCCCC1)Nc1ccccc1OCC1CCCO1. The van der Waals surface area contributed by atoms with Crippen LogP contribution in [0.3, 0.4) is 0 Å². The Kier molecular flexibility index (Phi) is 5.88. The van der Waals surface area contributed by atoms with Crippen molar-refractivity contribution in [3.8, 4) is 5.75 Å². The van der Waals surface area contributed by atoms with Crippen molar-refractivity contribution in [2.24, 2.45) is 0 Å². The molecule has 2 fully saturated rings. The number of amides is 1. The van der Waals surface area contributed by atoms with Gasteiger partial charge in [0, 0.05) is 6.61 Å². The Morgan fingerprint density at radius 2 is 2.04 bits per heavy atom. The zero-order chi connectivity index (χ0) is 15.9. The second-order valence-electron chi connectivity index (χ2n) is 6.33. The van der Waals surface area contributed by atoms with Gasteiger partial charge in [0.25, 0.3) is 0 Å². The summed E-state index contributed by atoms with van der Waals surface area (Å²) in [5, 5.41) is 2.99. The molecule has 1 aromatic carbocycles. The Hall–Kier alpha value is -1.59. The number of para-hydroxylation sites is 2. The van der Waals surface area contributed by atoms with Crippen molar-refractivity contribution in [1.29, 1.82) is 0 Å². The lowest BCUT2D eigenvalue weighted by atomic mass is 10.1. The van der Waals surface area contributed by atoms with E-state index < -0.39 is 0 Å². The number of ether oxygens (including phenoxy) is 2. The summed E-state index contributed by atoms with van der Waals surface area (Å²) in [6.07, 6.45) is 5.97. The number of hydrogen-bond acceptors (Lipinski definition) is 4. The van der Waals surface area contributed by atoms with Crippen LogP contribution in [0.5, 0.6) is 5.75 Å². The fourth-order valence-corrected chi connectivity index (χ4v) is 3.16. The highest BCUT2D eigenvalue weighted by Gasteiger charge is 2.18. The molecule has 2 saturated heterocycles. The van der Waals surface area contributed by atoms with Gasteiger partial charge in [0.1, 0.15) is 12.4 Å². The smallest absolute Gasteiger partial charge is 0.238 e. The Morgan fingerprint density at radius 3 is 2.83 bits per heavy atom. The van der Waals surface area contributed by atoms with Gasteiger partial charge in [-0.15, -0.1) is 0 Å². The molecule has 1 atom stereocenters. The van der Waals surface area contributed by atoms with Gasteiger partial charge in [-0.2, -0.15) is 0 Å². The van der Waals surface area contributed by atoms with E-state index in [1.54, 1.807) is 0 Å². The van der Waals surface area contributed by atoms with Gasteiger partial charge >= 0.3 is 0 Å². The van der Waals surface area contributed by atoms with Crippen molar-refractivity contribution >= 4 is 11.6 Å². The summed E-state index contributed by atoms with van der Waals surface area (Å²) in [5.41, 5.74) is 0.743. The maximum absolute atomic E-state index is 12.3. The standard InChI is InChI=1S/C18H26N2O3/c21-18(13-20-10-4-1-5-11-20)19-16-8-2-3-9-17(16)23-14-15-7-6-12-22-15/h2-3,8-9,15H,1,4-7,10-14H2,(H,19,21). The summed E-state index contributed by atoms with van der Waals surface area (Å²) in [5.74, 6) is 0.745. The number of benzene rings is 1. The molecular formula is C18H26N2O3. The highest BCUT2D eigenvalue weighted by Crippen LogP contribution is 2.25. The molecule has 23 heavy (non-hydrogen) atoms. The predicted molar refractivity (Wildman–Crippen MR) is 89.8 cm³/mol. The van der Waals surface area contributed by atoms with E-state index >= 15 is 0 Å². The molecule has 3 rings (SSSR count). The summed E-state index contributed by atoms with van der Waals surface area (Å²) >= 11 is 0. The summed E-state index contributed by atoms with van der Waals surface area (Å²) < 4.78 is 11.4. The van der Waals surface area contributed by atoms with Crippen molar-refractivity contribution in [2.75, 3.05) is 38.2 Å². The lowest BCUT2D eigenvalue weighted by molar-refractivity contribution is -0.117. The van der Waals surface area contributed by atoms with E-state index in [0.29, 0.717) is 13.2 Å². The molecule has 5 heteroatoms. The van der Waals surface area contributed by atoms with E-state index in [9.17, 15) is 4.79 Å². The monoisotopic (exact) mass is 318 g/mol. The largest absolute Gasteiger partial charge is 0.489 e. The number of carbonyl (C=O) groups excluding carboxylic acids is 1. The first kappa shape index (κ1) is 16.3. The molecule has 126 valence electrons. The molecule has 1 N–H and O–H groups in total. The van der Waals surface area contributed by atoms with Gasteiger partial charge in [-0.1, -0.05) is 18.6 Å². The van der Waals surface area contributed by atoms with Crippen molar-refractivity contribution < 1.29 is 14.3 Å². The maximum Gasteiger partial charge on any atom is 0.238 e. The Morgan fingerprint density at radius 1 is 1.22 bits per heavy atom. The van der Waals surface area contributed by atoms with Gasteiger partial charge in [0.15, 0.2) is 0 Å². The van der Waals surface area contributed by atoms with Crippen LogP contribution in [-0.2, 0) is 9.53 Å².